The lowest BCUT2D eigenvalue weighted by molar-refractivity contribution is -0.127. The summed E-state index contributed by atoms with van der Waals surface area (Å²) in [5, 5.41) is 10.9. The van der Waals surface area contributed by atoms with E-state index in [1.165, 1.54) is 13.1 Å². The molecule has 19 heavy (non-hydrogen) atoms. The van der Waals surface area contributed by atoms with Crippen LogP contribution in [0.15, 0.2) is 24.3 Å². The van der Waals surface area contributed by atoms with Gasteiger partial charge < -0.3 is 10.2 Å². The molecule has 0 aromatic heterocycles. The first-order chi connectivity index (χ1) is 8.85. The molecule has 0 saturated heterocycles. The Bertz CT molecular complexity index is 494. The minimum absolute atomic E-state index is 0.286. The number of nitriles is 1. The average Bonchev–Trinajstić information content (AvgIpc) is 2.36. The van der Waals surface area contributed by atoms with Crippen molar-refractivity contribution in [3.63, 3.8) is 0 Å². The Hall–Kier alpha value is -2.07. The maximum Gasteiger partial charge on any atom is 0.401 e. The number of para-hydroxylation sites is 1. The number of alkyl halides is 3. The number of hydrogen-bond acceptors (Lipinski definition) is 3. The summed E-state index contributed by atoms with van der Waals surface area (Å²) in [5.74, 6) is -0.549. The lowest BCUT2D eigenvalue weighted by Gasteiger charge is -2.19. The van der Waals surface area contributed by atoms with Crippen molar-refractivity contribution in [1.29, 1.82) is 5.26 Å². The van der Waals surface area contributed by atoms with Gasteiger partial charge in [0.15, 0.2) is 0 Å². The predicted molar refractivity (Wildman–Crippen MR) is 63.5 cm³/mol. The summed E-state index contributed by atoms with van der Waals surface area (Å²) in [5.41, 5.74) is 0.651. The lowest BCUT2D eigenvalue weighted by Crippen LogP contribution is -2.39. The van der Waals surface area contributed by atoms with E-state index in [4.69, 9.17) is 5.26 Å². The molecule has 1 N–H and O–H groups in total. The highest BCUT2D eigenvalue weighted by Crippen LogP contribution is 2.18. The molecule has 0 unspecified atom stereocenters. The van der Waals surface area contributed by atoms with Gasteiger partial charge in [-0.25, -0.2) is 0 Å². The van der Waals surface area contributed by atoms with E-state index in [9.17, 15) is 18.0 Å². The Morgan fingerprint density at radius 1 is 1.42 bits per heavy atom. The van der Waals surface area contributed by atoms with Crippen LogP contribution in [0.3, 0.4) is 0 Å². The van der Waals surface area contributed by atoms with Gasteiger partial charge in [-0.05, 0) is 12.1 Å². The van der Waals surface area contributed by atoms with Gasteiger partial charge >= 0.3 is 6.18 Å². The minimum Gasteiger partial charge on any atom is -0.313 e. The second kappa shape index (κ2) is 6.20. The highest BCUT2D eigenvalue weighted by atomic mass is 19.4. The van der Waals surface area contributed by atoms with Crippen molar-refractivity contribution in [3.8, 4) is 6.07 Å². The van der Waals surface area contributed by atoms with Gasteiger partial charge in [-0.15, -0.1) is 0 Å². The van der Waals surface area contributed by atoms with Crippen LogP contribution in [-0.4, -0.2) is 32.2 Å². The summed E-state index contributed by atoms with van der Waals surface area (Å²) in [4.78, 5) is 12.8. The summed E-state index contributed by atoms with van der Waals surface area (Å²) >= 11 is 0. The average molecular weight is 271 g/mol. The number of hydrogen-bond donors (Lipinski definition) is 1. The Morgan fingerprint density at radius 2 is 2.05 bits per heavy atom. The van der Waals surface area contributed by atoms with E-state index in [1.54, 1.807) is 18.2 Å². The quantitative estimate of drug-likeness (QED) is 0.906. The molecule has 0 bridgehead atoms. The van der Waals surface area contributed by atoms with E-state index in [1.807, 2.05) is 11.4 Å². The molecule has 0 aliphatic heterocycles. The van der Waals surface area contributed by atoms with Crippen LogP contribution in [0.25, 0.3) is 0 Å². The molecule has 102 valence electrons. The van der Waals surface area contributed by atoms with Crippen LogP contribution in [-0.2, 0) is 4.79 Å². The third kappa shape index (κ3) is 4.60. The number of carbonyl (C=O) groups is 1. The molecule has 0 radical (unpaired) electrons. The summed E-state index contributed by atoms with van der Waals surface area (Å²) in [6.45, 7) is -1.68. The largest absolute Gasteiger partial charge is 0.401 e. The molecule has 4 nitrogen and oxygen atoms in total. The van der Waals surface area contributed by atoms with Crippen LogP contribution in [0, 0.1) is 11.3 Å². The van der Waals surface area contributed by atoms with E-state index in [2.05, 4.69) is 0 Å². The molecule has 0 atom stereocenters. The number of benzene rings is 1. The highest BCUT2D eigenvalue weighted by Gasteiger charge is 2.27. The predicted octanol–water partition coefficient (Wildman–Crippen LogP) is 1.67. The Balaban J connectivity index is 2.65. The van der Waals surface area contributed by atoms with Gasteiger partial charge in [0.2, 0.25) is 5.91 Å². The van der Waals surface area contributed by atoms with Crippen LogP contribution < -0.4 is 10.2 Å². The first-order valence-electron chi connectivity index (χ1n) is 5.38. The number of rotatable bonds is 4. The number of likely N-dealkylation sites (N-methyl/N-ethyl adjacent to an activating group) is 1. The molecular weight excluding hydrogens is 259 g/mol. The molecule has 1 amide bonds. The van der Waals surface area contributed by atoms with Gasteiger partial charge in [0.1, 0.15) is 6.07 Å². The second-order valence-corrected chi connectivity index (χ2v) is 3.80. The third-order valence-corrected chi connectivity index (χ3v) is 2.36. The molecular formula is C12H12F3N3O. The summed E-state index contributed by atoms with van der Waals surface area (Å²) in [7, 11) is 1.41. The number of halogens is 3. The Kier molecular flexibility index (Phi) is 4.89. The normalized spacial score (nSPS) is 10.9. The number of nitrogens with one attached hydrogen (secondary N) is 1. The zero-order valence-corrected chi connectivity index (χ0v) is 10.2. The van der Waals surface area contributed by atoms with E-state index in [0.717, 1.165) is 4.90 Å². The Labute approximate surface area is 108 Å². The van der Waals surface area contributed by atoms with Crippen molar-refractivity contribution in [2.24, 2.45) is 0 Å². The maximum absolute atomic E-state index is 11.9. The summed E-state index contributed by atoms with van der Waals surface area (Å²) < 4.78 is 35.8. The first-order valence-corrected chi connectivity index (χ1v) is 5.38. The van der Waals surface area contributed by atoms with Crippen molar-refractivity contribution in [1.82, 2.24) is 5.32 Å². The maximum atomic E-state index is 11.9. The SMILES string of the molecule is CN(C(=O)CNCC(F)(F)F)c1ccccc1C#N. The fraction of sp³-hybridized carbons (Fsp3) is 0.333. The number of carbonyl (C=O) groups excluding carboxylic acids is 1. The third-order valence-electron chi connectivity index (χ3n) is 2.36. The van der Waals surface area contributed by atoms with Crippen molar-refractivity contribution < 1.29 is 18.0 Å². The van der Waals surface area contributed by atoms with Gasteiger partial charge in [0.05, 0.1) is 24.3 Å². The molecule has 1 aromatic rings. The van der Waals surface area contributed by atoms with Gasteiger partial charge in [-0.1, -0.05) is 12.1 Å². The van der Waals surface area contributed by atoms with Gasteiger partial charge in [-0.2, -0.15) is 18.4 Å². The van der Waals surface area contributed by atoms with E-state index >= 15 is 0 Å². The molecule has 0 saturated carbocycles. The van der Waals surface area contributed by atoms with E-state index in [-0.39, 0.29) is 5.56 Å². The molecule has 0 spiro atoms. The molecule has 1 rings (SSSR count). The number of anilines is 1. The molecule has 7 heteroatoms. The smallest absolute Gasteiger partial charge is 0.313 e. The molecule has 0 heterocycles. The van der Waals surface area contributed by atoms with Crippen LogP contribution >= 0.6 is 0 Å². The zero-order chi connectivity index (χ0) is 14.5. The number of nitrogens with zero attached hydrogens (tertiary/aromatic N) is 2. The number of amides is 1. The van der Waals surface area contributed by atoms with Gasteiger partial charge in [0.25, 0.3) is 0 Å². The van der Waals surface area contributed by atoms with Gasteiger partial charge in [-0.3, -0.25) is 4.79 Å². The monoisotopic (exact) mass is 271 g/mol. The summed E-state index contributed by atoms with van der Waals surface area (Å²) in [6, 6.07) is 8.29. The van der Waals surface area contributed by atoms with Crippen LogP contribution in [0.2, 0.25) is 0 Å². The van der Waals surface area contributed by atoms with E-state index in [0.29, 0.717) is 5.69 Å². The van der Waals surface area contributed by atoms with Crippen molar-refractivity contribution in [3.05, 3.63) is 29.8 Å². The topological polar surface area (TPSA) is 56.1 Å². The first kappa shape index (κ1) is 15.0. The minimum atomic E-state index is -4.36. The fourth-order valence-corrected chi connectivity index (χ4v) is 1.42. The van der Waals surface area contributed by atoms with E-state index < -0.39 is 25.2 Å². The van der Waals surface area contributed by atoms with Crippen molar-refractivity contribution in [2.45, 2.75) is 6.18 Å². The summed E-state index contributed by atoms with van der Waals surface area (Å²) in [6.07, 6.45) is -4.36. The molecule has 0 aliphatic rings. The zero-order valence-electron chi connectivity index (χ0n) is 10.2. The molecule has 0 aliphatic carbocycles. The fourth-order valence-electron chi connectivity index (χ4n) is 1.42. The van der Waals surface area contributed by atoms with Crippen LogP contribution in [0.4, 0.5) is 18.9 Å². The Morgan fingerprint density at radius 3 is 2.63 bits per heavy atom. The van der Waals surface area contributed by atoms with Crippen molar-refractivity contribution >= 4 is 11.6 Å². The van der Waals surface area contributed by atoms with Gasteiger partial charge in [0, 0.05) is 7.05 Å². The van der Waals surface area contributed by atoms with Crippen LogP contribution in [0.5, 0.6) is 0 Å². The van der Waals surface area contributed by atoms with Crippen molar-refractivity contribution in [2.75, 3.05) is 25.0 Å². The molecule has 0 fully saturated rings. The van der Waals surface area contributed by atoms with Crippen LogP contribution in [0.1, 0.15) is 5.56 Å². The lowest BCUT2D eigenvalue weighted by atomic mass is 10.2. The second-order valence-electron chi connectivity index (χ2n) is 3.80. The highest BCUT2D eigenvalue weighted by molar-refractivity contribution is 5.95. The molecule has 1 aromatic carbocycles. The standard InChI is InChI=1S/C12H12F3N3O/c1-18(10-5-3-2-4-9(10)6-16)11(19)7-17-8-12(13,14)15/h2-5,17H,7-8H2,1H3.